The number of hydrogen-bond acceptors (Lipinski definition) is 4. The van der Waals surface area contributed by atoms with E-state index in [2.05, 4.69) is 37.4 Å². The summed E-state index contributed by atoms with van der Waals surface area (Å²) in [6.07, 6.45) is 3.14. The van der Waals surface area contributed by atoms with Crippen LogP contribution in [-0.2, 0) is 20.7 Å². The molecule has 1 aliphatic rings. The topological polar surface area (TPSA) is 49.9 Å². The highest BCUT2D eigenvalue weighted by Gasteiger charge is 2.34. The van der Waals surface area contributed by atoms with Crippen molar-refractivity contribution in [1.82, 2.24) is 9.80 Å². The largest absolute Gasteiger partial charge is 0.383 e. The van der Waals surface area contributed by atoms with E-state index in [9.17, 15) is 9.59 Å². The minimum absolute atomic E-state index is 0.000976. The highest BCUT2D eigenvalue weighted by Crippen LogP contribution is 2.38. The van der Waals surface area contributed by atoms with E-state index in [1.807, 2.05) is 17.0 Å². The number of ether oxygens (including phenoxy) is 1. The fourth-order valence-corrected chi connectivity index (χ4v) is 4.95. The Balaban J connectivity index is 1.85. The van der Waals surface area contributed by atoms with E-state index in [0.29, 0.717) is 26.1 Å². The van der Waals surface area contributed by atoms with Gasteiger partial charge in [-0.15, -0.1) is 11.3 Å². The van der Waals surface area contributed by atoms with Crippen LogP contribution >= 0.6 is 11.3 Å². The van der Waals surface area contributed by atoms with Crippen molar-refractivity contribution in [1.29, 1.82) is 0 Å². The molecule has 0 bridgehead atoms. The number of hydrogen-bond donors (Lipinski definition) is 0. The summed E-state index contributed by atoms with van der Waals surface area (Å²) in [4.78, 5) is 31.1. The van der Waals surface area contributed by atoms with Gasteiger partial charge in [0.05, 0.1) is 19.2 Å². The summed E-state index contributed by atoms with van der Waals surface area (Å²) in [5.74, 6) is 0.0315. The standard InChI is InChI=1S/C24H32N2O3S/c1-4-5-10-22(27)25(14-15-29-3)17-23(28)26-13-11-21-20(12-16-30-21)24(26)19-9-7-6-8-18(19)2/h6-9,12,16,24H,4-5,10-11,13-15,17H2,1-3H3. The molecule has 162 valence electrons. The Bertz CT molecular complexity index is 864. The van der Waals surface area contributed by atoms with Gasteiger partial charge in [0.1, 0.15) is 0 Å². The number of carbonyl (C=O) groups is 2. The van der Waals surface area contributed by atoms with Gasteiger partial charge in [-0.2, -0.15) is 0 Å². The summed E-state index contributed by atoms with van der Waals surface area (Å²) >= 11 is 1.76. The molecule has 2 heterocycles. The smallest absolute Gasteiger partial charge is 0.242 e. The molecule has 2 amide bonds. The van der Waals surface area contributed by atoms with Gasteiger partial charge in [0.2, 0.25) is 11.8 Å². The van der Waals surface area contributed by atoms with Gasteiger partial charge < -0.3 is 14.5 Å². The number of rotatable bonds is 9. The molecule has 5 nitrogen and oxygen atoms in total. The number of fused-ring (bicyclic) bond motifs is 1. The number of amides is 2. The molecular weight excluding hydrogens is 396 g/mol. The minimum Gasteiger partial charge on any atom is -0.383 e. The second-order valence-electron chi connectivity index (χ2n) is 7.81. The normalized spacial score (nSPS) is 15.7. The number of benzene rings is 1. The van der Waals surface area contributed by atoms with Gasteiger partial charge in [-0.1, -0.05) is 37.6 Å². The number of methoxy groups -OCH3 is 1. The molecule has 0 aliphatic carbocycles. The summed E-state index contributed by atoms with van der Waals surface area (Å²) in [5.41, 5.74) is 3.55. The molecule has 2 aromatic rings. The van der Waals surface area contributed by atoms with Crippen LogP contribution < -0.4 is 0 Å². The molecule has 0 saturated carbocycles. The quantitative estimate of drug-likeness (QED) is 0.602. The van der Waals surface area contributed by atoms with Crippen LogP contribution in [0.1, 0.15) is 53.8 Å². The first-order valence-electron chi connectivity index (χ1n) is 10.7. The third-order valence-electron chi connectivity index (χ3n) is 5.76. The summed E-state index contributed by atoms with van der Waals surface area (Å²) < 4.78 is 5.18. The molecule has 1 aliphatic heterocycles. The monoisotopic (exact) mass is 428 g/mol. The van der Waals surface area contributed by atoms with Gasteiger partial charge >= 0.3 is 0 Å². The highest BCUT2D eigenvalue weighted by molar-refractivity contribution is 7.10. The van der Waals surface area contributed by atoms with Crippen LogP contribution in [0, 0.1) is 6.92 Å². The zero-order valence-corrected chi connectivity index (χ0v) is 19.0. The Morgan fingerprint density at radius 2 is 2.03 bits per heavy atom. The van der Waals surface area contributed by atoms with E-state index in [1.165, 1.54) is 16.0 Å². The molecule has 0 saturated heterocycles. The van der Waals surface area contributed by atoms with E-state index in [1.54, 1.807) is 23.3 Å². The molecule has 3 rings (SSSR count). The predicted molar refractivity (Wildman–Crippen MR) is 121 cm³/mol. The second-order valence-corrected chi connectivity index (χ2v) is 8.81. The van der Waals surface area contributed by atoms with Crippen molar-refractivity contribution in [3.63, 3.8) is 0 Å². The molecule has 0 fully saturated rings. The van der Waals surface area contributed by atoms with Gasteiger partial charge in [0.15, 0.2) is 0 Å². The number of thiophene rings is 1. The molecule has 6 heteroatoms. The minimum atomic E-state index is -0.0938. The zero-order valence-electron chi connectivity index (χ0n) is 18.2. The lowest BCUT2D eigenvalue weighted by atomic mass is 9.90. The first-order chi connectivity index (χ1) is 14.6. The van der Waals surface area contributed by atoms with Crippen LogP contribution in [0.15, 0.2) is 35.7 Å². The van der Waals surface area contributed by atoms with Crippen molar-refractivity contribution in [2.24, 2.45) is 0 Å². The van der Waals surface area contributed by atoms with Crippen molar-refractivity contribution in [2.45, 2.75) is 45.6 Å². The molecule has 0 N–H and O–H groups in total. The summed E-state index contributed by atoms with van der Waals surface area (Å²) in [7, 11) is 1.62. The fourth-order valence-electron chi connectivity index (χ4n) is 4.05. The van der Waals surface area contributed by atoms with Crippen LogP contribution in [0.25, 0.3) is 0 Å². The summed E-state index contributed by atoms with van der Waals surface area (Å²) in [6.45, 7) is 5.81. The van der Waals surface area contributed by atoms with E-state index >= 15 is 0 Å². The Labute approximate surface area is 183 Å². The van der Waals surface area contributed by atoms with Crippen LogP contribution in [0.5, 0.6) is 0 Å². The molecule has 0 spiro atoms. The molecule has 1 aromatic heterocycles. The Kier molecular flexibility index (Phi) is 8.05. The lowest BCUT2D eigenvalue weighted by molar-refractivity contribution is -0.142. The Hall–Kier alpha value is -2.18. The third-order valence-corrected chi connectivity index (χ3v) is 6.75. The van der Waals surface area contributed by atoms with Crippen LogP contribution in [0.3, 0.4) is 0 Å². The molecule has 1 atom stereocenters. The molecule has 0 radical (unpaired) electrons. The van der Waals surface area contributed by atoms with Gasteiger partial charge in [0.25, 0.3) is 0 Å². The van der Waals surface area contributed by atoms with Gasteiger partial charge in [0, 0.05) is 31.5 Å². The summed E-state index contributed by atoms with van der Waals surface area (Å²) in [5, 5.41) is 2.11. The average molecular weight is 429 g/mol. The van der Waals surface area contributed by atoms with E-state index in [4.69, 9.17) is 4.74 Å². The lowest BCUT2D eigenvalue weighted by Gasteiger charge is -2.38. The van der Waals surface area contributed by atoms with Gasteiger partial charge in [-0.3, -0.25) is 9.59 Å². The van der Waals surface area contributed by atoms with Crippen molar-refractivity contribution in [2.75, 3.05) is 33.4 Å². The average Bonchev–Trinajstić information content (AvgIpc) is 3.23. The lowest BCUT2D eigenvalue weighted by Crippen LogP contribution is -2.47. The van der Waals surface area contributed by atoms with Crippen molar-refractivity contribution < 1.29 is 14.3 Å². The zero-order chi connectivity index (χ0) is 21.5. The van der Waals surface area contributed by atoms with E-state index in [-0.39, 0.29) is 24.4 Å². The molecule has 1 aromatic carbocycles. The van der Waals surface area contributed by atoms with Crippen LogP contribution in [-0.4, -0.2) is 55.0 Å². The van der Waals surface area contributed by atoms with Crippen LogP contribution in [0.4, 0.5) is 0 Å². The highest BCUT2D eigenvalue weighted by atomic mass is 32.1. The van der Waals surface area contributed by atoms with Crippen molar-refractivity contribution in [3.8, 4) is 0 Å². The maximum Gasteiger partial charge on any atom is 0.242 e. The molecule has 30 heavy (non-hydrogen) atoms. The van der Waals surface area contributed by atoms with E-state index in [0.717, 1.165) is 24.8 Å². The maximum absolute atomic E-state index is 13.5. The molecule has 1 unspecified atom stereocenters. The second kappa shape index (κ2) is 10.7. The number of carbonyl (C=O) groups excluding carboxylic acids is 2. The first kappa shape index (κ1) is 22.5. The van der Waals surface area contributed by atoms with Crippen LogP contribution in [0.2, 0.25) is 0 Å². The van der Waals surface area contributed by atoms with E-state index < -0.39 is 0 Å². The van der Waals surface area contributed by atoms with Crippen molar-refractivity contribution >= 4 is 23.2 Å². The third kappa shape index (κ3) is 5.10. The summed E-state index contributed by atoms with van der Waals surface area (Å²) in [6, 6.07) is 10.3. The fraction of sp³-hybridized carbons (Fsp3) is 0.500. The number of unbranched alkanes of at least 4 members (excludes halogenated alkanes) is 1. The first-order valence-corrected chi connectivity index (χ1v) is 11.6. The van der Waals surface area contributed by atoms with Gasteiger partial charge in [-0.05, 0) is 47.9 Å². The Morgan fingerprint density at radius 3 is 2.77 bits per heavy atom. The Morgan fingerprint density at radius 1 is 1.23 bits per heavy atom. The molecular formula is C24H32N2O3S. The van der Waals surface area contributed by atoms with Crippen molar-refractivity contribution in [3.05, 3.63) is 57.3 Å². The predicted octanol–water partition coefficient (Wildman–Crippen LogP) is 4.20. The number of nitrogens with zero attached hydrogens (tertiary/aromatic N) is 2. The van der Waals surface area contributed by atoms with Gasteiger partial charge in [-0.25, -0.2) is 0 Å². The number of aryl methyl sites for hydroxylation is 1. The maximum atomic E-state index is 13.5. The SMILES string of the molecule is CCCCC(=O)N(CCOC)CC(=O)N1CCc2sccc2C1c1ccccc1C.